The van der Waals surface area contributed by atoms with Crippen molar-refractivity contribution in [1.29, 1.82) is 0 Å². The third-order valence-electron chi connectivity index (χ3n) is 3.71. The molecule has 0 bridgehead atoms. The van der Waals surface area contributed by atoms with Crippen molar-refractivity contribution in [2.75, 3.05) is 4.72 Å². The molecule has 1 aliphatic rings. The van der Waals surface area contributed by atoms with Crippen molar-refractivity contribution in [2.45, 2.75) is 30.0 Å². The molecule has 2 aromatic rings. The highest BCUT2D eigenvalue weighted by atomic mass is 35.5. The van der Waals surface area contributed by atoms with Gasteiger partial charge in [0.05, 0.1) is 4.90 Å². The lowest BCUT2D eigenvalue weighted by molar-refractivity contribution is 0.601. The molecule has 0 unspecified atom stereocenters. The molecular formula is C16H16ClNO2S. The molecule has 110 valence electrons. The number of fused-ring (bicyclic) bond motifs is 1. The van der Waals surface area contributed by atoms with Gasteiger partial charge in [0, 0.05) is 11.6 Å². The number of rotatable bonds is 4. The van der Waals surface area contributed by atoms with E-state index in [2.05, 4.69) is 4.72 Å². The van der Waals surface area contributed by atoms with E-state index in [-0.39, 0.29) is 0 Å². The molecule has 21 heavy (non-hydrogen) atoms. The Labute approximate surface area is 130 Å². The zero-order valence-electron chi connectivity index (χ0n) is 11.5. The Morgan fingerprint density at radius 1 is 1.05 bits per heavy atom. The average molecular weight is 322 g/mol. The third kappa shape index (κ3) is 3.06. The van der Waals surface area contributed by atoms with Crippen LogP contribution < -0.4 is 4.72 Å². The molecule has 0 aromatic heterocycles. The molecule has 0 saturated heterocycles. The van der Waals surface area contributed by atoms with E-state index in [4.69, 9.17) is 11.6 Å². The molecule has 1 N–H and O–H groups in total. The van der Waals surface area contributed by atoms with E-state index in [1.54, 1.807) is 30.3 Å². The van der Waals surface area contributed by atoms with Gasteiger partial charge in [-0.3, -0.25) is 4.72 Å². The van der Waals surface area contributed by atoms with Crippen molar-refractivity contribution in [3.05, 3.63) is 59.2 Å². The Balaban J connectivity index is 1.89. The van der Waals surface area contributed by atoms with E-state index in [1.165, 1.54) is 5.56 Å². The summed E-state index contributed by atoms with van der Waals surface area (Å²) in [7, 11) is -3.55. The maximum atomic E-state index is 12.5. The Hall–Kier alpha value is -1.52. The quantitative estimate of drug-likeness (QED) is 0.872. The first-order valence-corrected chi connectivity index (χ1v) is 8.90. The van der Waals surface area contributed by atoms with E-state index in [0.717, 1.165) is 30.4 Å². The second kappa shape index (κ2) is 5.70. The second-order valence-electron chi connectivity index (χ2n) is 5.22. The molecule has 5 heteroatoms. The van der Waals surface area contributed by atoms with Crippen LogP contribution in [0, 0.1) is 0 Å². The lowest BCUT2D eigenvalue weighted by atomic mass is 10.1. The molecule has 0 atom stereocenters. The maximum absolute atomic E-state index is 12.5. The van der Waals surface area contributed by atoms with Crippen LogP contribution in [0.4, 0.5) is 5.69 Å². The summed E-state index contributed by atoms with van der Waals surface area (Å²) in [5.74, 6) is 0.356. The minimum absolute atomic E-state index is 0.319. The summed E-state index contributed by atoms with van der Waals surface area (Å²) in [6, 6.07) is 12.5. The summed E-state index contributed by atoms with van der Waals surface area (Å²) in [6.45, 7) is 0. The van der Waals surface area contributed by atoms with Gasteiger partial charge in [-0.25, -0.2) is 8.42 Å². The highest BCUT2D eigenvalue weighted by molar-refractivity contribution is 7.92. The number of nitrogens with one attached hydrogen (secondary N) is 1. The lowest BCUT2D eigenvalue weighted by Gasteiger charge is -2.10. The van der Waals surface area contributed by atoms with Gasteiger partial charge >= 0.3 is 0 Å². The van der Waals surface area contributed by atoms with Crippen molar-refractivity contribution in [3.63, 3.8) is 0 Å². The summed E-state index contributed by atoms with van der Waals surface area (Å²) in [5, 5.41) is 0. The summed E-state index contributed by atoms with van der Waals surface area (Å²) in [6.07, 6.45) is 3.10. The van der Waals surface area contributed by atoms with Gasteiger partial charge in [0.25, 0.3) is 10.0 Å². The molecule has 0 aliphatic heterocycles. The van der Waals surface area contributed by atoms with Gasteiger partial charge in [0.1, 0.15) is 0 Å². The molecule has 2 aromatic carbocycles. The van der Waals surface area contributed by atoms with Crippen molar-refractivity contribution >= 4 is 27.3 Å². The number of alkyl halides is 1. The molecule has 3 nitrogen and oxygen atoms in total. The van der Waals surface area contributed by atoms with Crippen molar-refractivity contribution < 1.29 is 8.42 Å². The Kier molecular flexibility index (Phi) is 3.91. The largest absolute Gasteiger partial charge is 0.280 e. The number of benzene rings is 2. The fourth-order valence-electron chi connectivity index (χ4n) is 2.65. The predicted molar refractivity (Wildman–Crippen MR) is 85.3 cm³/mol. The molecule has 0 amide bonds. The van der Waals surface area contributed by atoms with Gasteiger partial charge in [-0.15, -0.1) is 11.6 Å². The standard InChI is InChI=1S/C16H16ClNO2S/c17-11-12-3-1-6-15(9-12)18-21(19,20)16-8-7-13-4-2-5-14(13)10-16/h1,3,6-10,18H,2,4-5,11H2. The van der Waals surface area contributed by atoms with Crippen LogP contribution in [0.25, 0.3) is 0 Å². The molecule has 3 rings (SSSR count). The minimum Gasteiger partial charge on any atom is -0.280 e. The van der Waals surface area contributed by atoms with Crippen LogP contribution >= 0.6 is 11.6 Å². The van der Waals surface area contributed by atoms with Crippen LogP contribution in [0.1, 0.15) is 23.1 Å². The number of hydrogen-bond donors (Lipinski definition) is 1. The monoisotopic (exact) mass is 321 g/mol. The first-order valence-electron chi connectivity index (χ1n) is 6.88. The van der Waals surface area contributed by atoms with Gasteiger partial charge in [-0.1, -0.05) is 18.2 Å². The van der Waals surface area contributed by atoms with Crippen LogP contribution in [0.3, 0.4) is 0 Å². The second-order valence-corrected chi connectivity index (χ2v) is 7.17. The number of aryl methyl sites for hydroxylation is 2. The number of halogens is 1. The highest BCUT2D eigenvalue weighted by Crippen LogP contribution is 2.26. The average Bonchev–Trinajstić information content (AvgIpc) is 2.94. The number of anilines is 1. The molecule has 0 saturated carbocycles. The maximum Gasteiger partial charge on any atom is 0.261 e. The van der Waals surface area contributed by atoms with Crippen molar-refractivity contribution in [3.8, 4) is 0 Å². The Bertz CT molecular complexity index is 772. The van der Waals surface area contributed by atoms with Crippen LogP contribution in [0.5, 0.6) is 0 Å². The van der Waals surface area contributed by atoms with Crippen molar-refractivity contribution in [1.82, 2.24) is 0 Å². The summed E-state index contributed by atoms with van der Waals surface area (Å²) < 4.78 is 27.5. The Morgan fingerprint density at radius 2 is 1.86 bits per heavy atom. The molecule has 0 spiro atoms. The molecule has 0 radical (unpaired) electrons. The smallest absolute Gasteiger partial charge is 0.261 e. The van der Waals surface area contributed by atoms with E-state index in [9.17, 15) is 8.42 Å². The highest BCUT2D eigenvalue weighted by Gasteiger charge is 2.18. The van der Waals surface area contributed by atoms with Gasteiger partial charge in [-0.05, 0) is 60.2 Å². The SMILES string of the molecule is O=S(=O)(Nc1cccc(CCl)c1)c1ccc2c(c1)CCC2. The van der Waals surface area contributed by atoms with E-state index in [1.807, 2.05) is 12.1 Å². The first kappa shape index (κ1) is 14.4. The van der Waals surface area contributed by atoms with E-state index >= 15 is 0 Å². The van der Waals surface area contributed by atoms with Crippen LogP contribution in [-0.2, 0) is 28.7 Å². The van der Waals surface area contributed by atoms with E-state index < -0.39 is 10.0 Å². The molecule has 1 aliphatic carbocycles. The first-order chi connectivity index (χ1) is 10.1. The summed E-state index contributed by atoms with van der Waals surface area (Å²) in [4.78, 5) is 0.319. The van der Waals surface area contributed by atoms with Crippen LogP contribution in [-0.4, -0.2) is 8.42 Å². The fourth-order valence-corrected chi connectivity index (χ4v) is 3.91. The predicted octanol–water partition coefficient (Wildman–Crippen LogP) is 3.71. The van der Waals surface area contributed by atoms with Gasteiger partial charge in [-0.2, -0.15) is 0 Å². The number of sulfonamides is 1. The third-order valence-corrected chi connectivity index (χ3v) is 5.40. The number of hydrogen-bond acceptors (Lipinski definition) is 2. The topological polar surface area (TPSA) is 46.2 Å². The molecular weight excluding hydrogens is 306 g/mol. The van der Waals surface area contributed by atoms with Gasteiger partial charge in [0.2, 0.25) is 0 Å². The van der Waals surface area contributed by atoms with Gasteiger partial charge < -0.3 is 0 Å². The van der Waals surface area contributed by atoms with Gasteiger partial charge in [0.15, 0.2) is 0 Å². The normalized spacial score (nSPS) is 14.0. The van der Waals surface area contributed by atoms with E-state index in [0.29, 0.717) is 16.5 Å². The molecule has 0 heterocycles. The zero-order valence-corrected chi connectivity index (χ0v) is 13.0. The summed E-state index contributed by atoms with van der Waals surface area (Å²) in [5.41, 5.74) is 3.82. The minimum atomic E-state index is -3.55. The Morgan fingerprint density at radius 3 is 2.67 bits per heavy atom. The van der Waals surface area contributed by atoms with Crippen molar-refractivity contribution in [2.24, 2.45) is 0 Å². The summed E-state index contributed by atoms with van der Waals surface area (Å²) >= 11 is 5.77. The van der Waals surface area contributed by atoms with Crippen LogP contribution in [0.2, 0.25) is 0 Å². The zero-order chi connectivity index (χ0) is 14.9. The fraction of sp³-hybridized carbons (Fsp3) is 0.250. The molecule has 0 fully saturated rings. The lowest BCUT2D eigenvalue weighted by Crippen LogP contribution is -2.13. The van der Waals surface area contributed by atoms with Crippen LogP contribution in [0.15, 0.2) is 47.4 Å².